The number of hydrogen-bond donors (Lipinski definition) is 2. The van der Waals surface area contributed by atoms with E-state index in [0.717, 1.165) is 18.7 Å². The van der Waals surface area contributed by atoms with E-state index in [1.807, 2.05) is 6.07 Å². The molecule has 0 spiro atoms. The van der Waals surface area contributed by atoms with E-state index in [9.17, 15) is 5.11 Å². The van der Waals surface area contributed by atoms with Crippen molar-refractivity contribution in [2.75, 3.05) is 26.9 Å². The molecule has 1 aromatic rings. The Morgan fingerprint density at radius 2 is 2.31 bits per heavy atom. The van der Waals surface area contributed by atoms with Crippen molar-refractivity contribution < 1.29 is 14.6 Å². The van der Waals surface area contributed by atoms with E-state index >= 15 is 0 Å². The molecular weight excluding hydrogens is 230 g/mol. The first-order valence-corrected chi connectivity index (χ1v) is 4.99. The number of phenolic OH excluding ortho intramolecular Hbond substituents is 1. The molecule has 2 rings (SSSR count). The Labute approximate surface area is 101 Å². The molecule has 1 saturated heterocycles. The van der Waals surface area contributed by atoms with Crippen LogP contribution in [0.1, 0.15) is 11.6 Å². The van der Waals surface area contributed by atoms with Crippen LogP contribution in [-0.2, 0) is 4.74 Å². The molecule has 1 heterocycles. The van der Waals surface area contributed by atoms with Gasteiger partial charge in [0.2, 0.25) is 0 Å². The molecule has 0 bridgehead atoms. The van der Waals surface area contributed by atoms with Gasteiger partial charge in [-0.15, -0.1) is 12.4 Å². The zero-order chi connectivity index (χ0) is 10.7. The topological polar surface area (TPSA) is 50.7 Å². The summed E-state index contributed by atoms with van der Waals surface area (Å²) in [5, 5.41) is 12.7. The van der Waals surface area contributed by atoms with E-state index in [4.69, 9.17) is 9.47 Å². The molecule has 2 N–H and O–H groups in total. The summed E-state index contributed by atoms with van der Waals surface area (Å²) in [4.78, 5) is 0. The average Bonchev–Trinajstić information content (AvgIpc) is 2.30. The molecule has 5 heteroatoms. The van der Waals surface area contributed by atoms with Gasteiger partial charge in [0, 0.05) is 18.2 Å². The number of aromatic hydroxyl groups is 1. The van der Waals surface area contributed by atoms with Gasteiger partial charge in [0.05, 0.1) is 26.4 Å². The monoisotopic (exact) mass is 245 g/mol. The van der Waals surface area contributed by atoms with Crippen molar-refractivity contribution in [3.63, 3.8) is 0 Å². The lowest BCUT2D eigenvalue weighted by Gasteiger charge is -2.25. The van der Waals surface area contributed by atoms with Gasteiger partial charge >= 0.3 is 0 Å². The number of benzene rings is 1. The molecule has 1 fully saturated rings. The fourth-order valence-electron chi connectivity index (χ4n) is 1.75. The summed E-state index contributed by atoms with van der Waals surface area (Å²) in [6, 6.07) is 5.29. The zero-order valence-electron chi connectivity index (χ0n) is 9.10. The fraction of sp³-hybridized carbons (Fsp3) is 0.455. The Kier molecular flexibility index (Phi) is 4.86. The van der Waals surface area contributed by atoms with Crippen molar-refractivity contribution in [2.45, 2.75) is 6.04 Å². The lowest BCUT2D eigenvalue weighted by Crippen LogP contribution is -2.34. The van der Waals surface area contributed by atoms with Crippen LogP contribution in [0.4, 0.5) is 0 Å². The molecule has 0 amide bonds. The van der Waals surface area contributed by atoms with Crippen LogP contribution in [0.15, 0.2) is 18.2 Å². The SMILES string of the molecule is COc1cc(O)ccc1[C@@H]1COCCN1.Cl. The van der Waals surface area contributed by atoms with E-state index in [-0.39, 0.29) is 24.2 Å². The van der Waals surface area contributed by atoms with Gasteiger partial charge in [-0.3, -0.25) is 0 Å². The van der Waals surface area contributed by atoms with Crippen molar-refractivity contribution in [1.82, 2.24) is 5.32 Å². The zero-order valence-corrected chi connectivity index (χ0v) is 9.92. The van der Waals surface area contributed by atoms with Crippen LogP contribution in [0.5, 0.6) is 11.5 Å². The second-order valence-corrected chi connectivity index (χ2v) is 3.51. The molecule has 1 aliphatic rings. The third-order valence-electron chi connectivity index (χ3n) is 2.51. The Hall–Kier alpha value is -0.970. The minimum atomic E-state index is 0. The van der Waals surface area contributed by atoms with E-state index in [2.05, 4.69) is 5.32 Å². The molecule has 0 saturated carbocycles. The van der Waals surface area contributed by atoms with Gasteiger partial charge in [-0.25, -0.2) is 0 Å². The third kappa shape index (κ3) is 2.78. The predicted octanol–water partition coefficient (Wildman–Crippen LogP) is 1.48. The highest BCUT2D eigenvalue weighted by molar-refractivity contribution is 5.85. The molecular formula is C11H16ClNO3. The Balaban J connectivity index is 0.00000128. The molecule has 0 radical (unpaired) electrons. The number of halogens is 1. The number of ether oxygens (including phenoxy) is 2. The van der Waals surface area contributed by atoms with Gasteiger partial charge in [0.15, 0.2) is 0 Å². The summed E-state index contributed by atoms with van der Waals surface area (Å²) in [7, 11) is 1.60. The minimum absolute atomic E-state index is 0. The third-order valence-corrected chi connectivity index (χ3v) is 2.51. The number of morpholine rings is 1. The minimum Gasteiger partial charge on any atom is -0.508 e. The Bertz CT molecular complexity index is 340. The maximum atomic E-state index is 9.34. The lowest BCUT2D eigenvalue weighted by atomic mass is 10.1. The standard InChI is InChI=1S/C11H15NO3.ClH/c1-14-11-6-8(13)2-3-9(11)10-7-15-5-4-12-10;/h2-3,6,10,12-13H,4-5,7H2,1H3;1H/t10-;/m0./s1. The number of hydrogen-bond acceptors (Lipinski definition) is 4. The molecule has 90 valence electrons. The number of nitrogens with one attached hydrogen (secondary N) is 1. The van der Waals surface area contributed by atoms with Crippen LogP contribution in [0, 0.1) is 0 Å². The summed E-state index contributed by atoms with van der Waals surface area (Å²) in [5.74, 6) is 0.908. The van der Waals surface area contributed by atoms with Crippen molar-refractivity contribution in [3.05, 3.63) is 23.8 Å². The summed E-state index contributed by atoms with van der Waals surface area (Å²) >= 11 is 0. The van der Waals surface area contributed by atoms with Crippen LogP contribution in [0.3, 0.4) is 0 Å². The van der Waals surface area contributed by atoms with Crippen molar-refractivity contribution in [1.29, 1.82) is 0 Å². The van der Waals surface area contributed by atoms with E-state index < -0.39 is 0 Å². The summed E-state index contributed by atoms with van der Waals surface area (Å²) in [6.07, 6.45) is 0. The van der Waals surface area contributed by atoms with E-state index in [1.165, 1.54) is 0 Å². The molecule has 1 atom stereocenters. The highest BCUT2D eigenvalue weighted by atomic mass is 35.5. The summed E-state index contributed by atoms with van der Waals surface area (Å²) in [6.45, 7) is 2.23. The molecule has 4 nitrogen and oxygen atoms in total. The predicted molar refractivity (Wildman–Crippen MR) is 63.5 cm³/mol. The van der Waals surface area contributed by atoms with Gasteiger partial charge in [-0.2, -0.15) is 0 Å². The highest BCUT2D eigenvalue weighted by Crippen LogP contribution is 2.29. The normalized spacial score (nSPS) is 19.9. The van der Waals surface area contributed by atoms with Crippen molar-refractivity contribution in [3.8, 4) is 11.5 Å². The van der Waals surface area contributed by atoms with Crippen LogP contribution in [0.25, 0.3) is 0 Å². The largest absolute Gasteiger partial charge is 0.508 e. The Morgan fingerprint density at radius 1 is 1.50 bits per heavy atom. The van der Waals surface area contributed by atoms with Crippen molar-refractivity contribution in [2.24, 2.45) is 0 Å². The van der Waals surface area contributed by atoms with Gasteiger partial charge < -0.3 is 19.9 Å². The first-order valence-electron chi connectivity index (χ1n) is 4.99. The average molecular weight is 246 g/mol. The molecule has 16 heavy (non-hydrogen) atoms. The quantitative estimate of drug-likeness (QED) is 0.829. The molecule has 0 aliphatic carbocycles. The van der Waals surface area contributed by atoms with Crippen LogP contribution in [-0.4, -0.2) is 32.0 Å². The first-order chi connectivity index (χ1) is 7.31. The molecule has 1 aliphatic heterocycles. The second-order valence-electron chi connectivity index (χ2n) is 3.51. The molecule has 1 aromatic carbocycles. The molecule has 0 aromatic heterocycles. The number of rotatable bonds is 2. The van der Waals surface area contributed by atoms with Crippen LogP contribution >= 0.6 is 12.4 Å². The first kappa shape index (κ1) is 13.1. The van der Waals surface area contributed by atoms with Gasteiger partial charge in [0.1, 0.15) is 11.5 Å². The van der Waals surface area contributed by atoms with Crippen molar-refractivity contribution >= 4 is 12.4 Å². The maximum absolute atomic E-state index is 9.34. The van der Waals surface area contributed by atoms with E-state index in [1.54, 1.807) is 19.2 Å². The van der Waals surface area contributed by atoms with Gasteiger partial charge in [0.25, 0.3) is 0 Å². The highest BCUT2D eigenvalue weighted by Gasteiger charge is 2.18. The lowest BCUT2D eigenvalue weighted by molar-refractivity contribution is 0.0760. The van der Waals surface area contributed by atoms with Gasteiger partial charge in [-0.1, -0.05) is 0 Å². The molecule has 0 unspecified atom stereocenters. The fourth-order valence-corrected chi connectivity index (χ4v) is 1.75. The smallest absolute Gasteiger partial charge is 0.127 e. The van der Waals surface area contributed by atoms with Crippen LogP contribution < -0.4 is 10.1 Å². The summed E-state index contributed by atoms with van der Waals surface area (Å²) < 4.78 is 10.6. The van der Waals surface area contributed by atoms with E-state index in [0.29, 0.717) is 12.4 Å². The number of phenols is 1. The van der Waals surface area contributed by atoms with Gasteiger partial charge in [-0.05, 0) is 12.1 Å². The maximum Gasteiger partial charge on any atom is 0.127 e. The van der Waals surface area contributed by atoms with Crippen LogP contribution in [0.2, 0.25) is 0 Å². The second kappa shape index (κ2) is 5.94. The number of methoxy groups -OCH3 is 1. The summed E-state index contributed by atoms with van der Waals surface area (Å²) in [5.41, 5.74) is 1.02. The Morgan fingerprint density at radius 3 is 2.94 bits per heavy atom.